The van der Waals surface area contributed by atoms with Crippen molar-refractivity contribution in [2.24, 2.45) is 0 Å². The fourth-order valence-corrected chi connectivity index (χ4v) is 1.98. The Morgan fingerprint density at radius 1 is 1.18 bits per heavy atom. The number of rotatable bonds is 5. The highest BCUT2D eigenvalue weighted by Gasteiger charge is 2.13. The SMILES string of the molecule is CCNC(c1ccccc1)c1cnn(CC)c1. The molecule has 1 aromatic heterocycles. The summed E-state index contributed by atoms with van der Waals surface area (Å²) >= 11 is 0. The number of aromatic nitrogens is 2. The summed E-state index contributed by atoms with van der Waals surface area (Å²) in [6.07, 6.45) is 4.06. The van der Waals surface area contributed by atoms with E-state index in [1.807, 2.05) is 16.9 Å². The Kier molecular flexibility index (Phi) is 3.94. The second-order valence-corrected chi connectivity index (χ2v) is 4.03. The zero-order chi connectivity index (χ0) is 12.1. The van der Waals surface area contributed by atoms with E-state index in [1.54, 1.807) is 0 Å². The van der Waals surface area contributed by atoms with Crippen LogP contribution in [0, 0.1) is 0 Å². The van der Waals surface area contributed by atoms with E-state index in [-0.39, 0.29) is 6.04 Å². The fraction of sp³-hybridized carbons (Fsp3) is 0.357. The van der Waals surface area contributed by atoms with Gasteiger partial charge in [-0.25, -0.2) is 0 Å². The predicted molar refractivity (Wildman–Crippen MR) is 69.9 cm³/mol. The smallest absolute Gasteiger partial charge is 0.0607 e. The van der Waals surface area contributed by atoms with Gasteiger partial charge in [-0.1, -0.05) is 37.3 Å². The molecular formula is C14H19N3. The molecule has 3 nitrogen and oxygen atoms in total. The molecule has 1 unspecified atom stereocenters. The summed E-state index contributed by atoms with van der Waals surface area (Å²) < 4.78 is 1.96. The molecule has 1 N–H and O–H groups in total. The third-order valence-electron chi connectivity index (χ3n) is 2.85. The van der Waals surface area contributed by atoms with Crippen molar-refractivity contribution in [2.45, 2.75) is 26.4 Å². The number of hydrogen-bond donors (Lipinski definition) is 1. The van der Waals surface area contributed by atoms with Gasteiger partial charge in [-0.05, 0) is 19.0 Å². The summed E-state index contributed by atoms with van der Waals surface area (Å²) in [6, 6.07) is 10.7. The van der Waals surface area contributed by atoms with Gasteiger partial charge in [-0.2, -0.15) is 5.10 Å². The molecule has 90 valence electrons. The van der Waals surface area contributed by atoms with Gasteiger partial charge in [0.2, 0.25) is 0 Å². The van der Waals surface area contributed by atoms with E-state index in [1.165, 1.54) is 11.1 Å². The normalized spacial score (nSPS) is 12.6. The maximum Gasteiger partial charge on any atom is 0.0607 e. The molecule has 0 amide bonds. The molecule has 17 heavy (non-hydrogen) atoms. The summed E-state index contributed by atoms with van der Waals surface area (Å²) in [4.78, 5) is 0. The first-order valence-corrected chi connectivity index (χ1v) is 6.15. The van der Waals surface area contributed by atoms with Gasteiger partial charge in [0, 0.05) is 18.3 Å². The zero-order valence-electron chi connectivity index (χ0n) is 10.4. The molecule has 0 saturated carbocycles. The van der Waals surface area contributed by atoms with Crippen LogP contribution >= 0.6 is 0 Å². The first kappa shape index (κ1) is 11.9. The average molecular weight is 229 g/mol. The van der Waals surface area contributed by atoms with Crippen LogP contribution in [-0.2, 0) is 6.54 Å². The van der Waals surface area contributed by atoms with Crippen molar-refractivity contribution in [3.05, 3.63) is 53.9 Å². The molecule has 1 atom stereocenters. The van der Waals surface area contributed by atoms with Crippen molar-refractivity contribution in [2.75, 3.05) is 6.54 Å². The van der Waals surface area contributed by atoms with E-state index in [9.17, 15) is 0 Å². The summed E-state index contributed by atoms with van der Waals surface area (Å²) in [5.74, 6) is 0. The van der Waals surface area contributed by atoms with E-state index in [0.29, 0.717) is 0 Å². The quantitative estimate of drug-likeness (QED) is 0.854. The lowest BCUT2D eigenvalue weighted by Gasteiger charge is -2.16. The molecule has 1 aromatic carbocycles. The molecule has 0 spiro atoms. The van der Waals surface area contributed by atoms with Gasteiger partial charge in [0.25, 0.3) is 0 Å². The van der Waals surface area contributed by atoms with E-state index < -0.39 is 0 Å². The van der Waals surface area contributed by atoms with Crippen molar-refractivity contribution in [1.82, 2.24) is 15.1 Å². The molecular weight excluding hydrogens is 210 g/mol. The lowest BCUT2D eigenvalue weighted by Crippen LogP contribution is -2.21. The number of nitrogens with zero attached hydrogens (tertiary/aromatic N) is 2. The highest BCUT2D eigenvalue weighted by atomic mass is 15.3. The molecule has 0 fully saturated rings. The number of nitrogens with one attached hydrogen (secondary N) is 1. The van der Waals surface area contributed by atoms with Crippen molar-refractivity contribution in [3.8, 4) is 0 Å². The molecule has 0 saturated heterocycles. The summed E-state index contributed by atoms with van der Waals surface area (Å²) in [7, 11) is 0. The minimum atomic E-state index is 0.237. The Labute approximate surface area is 102 Å². The van der Waals surface area contributed by atoms with Gasteiger partial charge in [0.15, 0.2) is 0 Å². The fourth-order valence-electron chi connectivity index (χ4n) is 1.98. The molecule has 0 bridgehead atoms. The zero-order valence-corrected chi connectivity index (χ0v) is 10.4. The Hall–Kier alpha value is -1.61. The molecule has 0 radical (unpaired) electrons. The van der Waals surface area contributed by atoms with Crippen LogP contribution in [-0.4, -0.2) is 16.3 Å². The highest BCUT2D eigenvalue weighted by Crippen LogP contribution is 2.21. The Morgan fingerprint density at radius 2 is 1.94 bits per heavy atom. The molecule has 0 aliphatic carbocycles. The van der Waals surface area contributed by atoms with E-state index in [4.69, 9.17) is 0 Å². The lowest BCUT2D eigenvalue weighted by atomic mass is 10.0. The van der Waals surface area contributed by atoms with Crippen LogP contribution in [0.25, 0.3) is 0 Å². The van der Waals surface area contributed by atoms with Crippen LogP contribution in [0.1, 0.15) is 31.0 Å². The standard InChI is InChI=1S/C14H19N3/c1-3-15-14(12-8-6-5-7-9-12)13-10-16-17(4-2)11-13/h5-11,14-15H,3-4H2,1-2H3. The van der Waals surface area contributed by atoms with Crippen LogP contribution in [0.4, 0.5) is 0 Å². The topological polar surface area (TPSA) is 29.9 Å². The third-order valence-corrected chi connectivity index (χ3v) is 2.85. The van der Waals surface area contributed by atoms with Gasteiger partial charge in [-0.15, -0.1) is 0 Å². The van der Waals surface area contributed by atoms with Gasteiger partial charge < -0.3 is 5.32 Å². The van der Waals surface area contributed by atoms with E-state index in [2.05, 4.69) is 54.7 Å². The predicted octanol–water partition coefficient (Wildman–Crippen LogP) is 2.60. The van der Waals surface area contributed by atoms with Crippen molar-refractivity contribution in [3.63, 3.8) is 0 Å². The van der Waals surface area contributed by atoms with Crippen molar-refractivity contribution < 1.29 is 0 Å². The van der Waals surface area contributed by atoms with Crippen molar-refractivity contribution >= 4 is 0 Å². The van der Waals surface area contributed by atoms with Crippen LogP contribution < -0.4 is 5.32 Å². The van der Waals surface area contributed by atoms with E-state index in [0.717, 1.165) is 13.1 Å². The second-order valence-electron chi connectivity index (χ2n) is 4.03. The van der Waals surface area contributed by atoms with Gasteiger partial charge in [0.1, 0.15) is 0 Å². The third kappa shape index (κ3) is 2.74. The molecule has 0 aliphatic heterocycles. The summed E-state index contributed by atoms with van der Waals surface area (Å²) in [6.45, 7) is 6.08. The molecule has 2 rings (SSSR count). The molecule has 0 aliphatic rings. The first-order valence-electron chi connectivity index (χ1n) is 6.15. The molecule has 2 aromatic rings. The maximum atomic E-state index is 4.34. The lowest BCUT2D eigenvalue weighted by molar-refractivity contribution is 0.625. The highest BCUT2D eigenvalue weighted by molar-refractivity contribution is 5.28. The minimum Gasteiger partial charge on any atom is -0.306 e. The van der Waals surface area contributed by atoms with Crippen LogP contribution in [0.3, 0.4) is 0 Å². The maximum absolute atomic E-state index is 4.34. The van der Waals surface area contributed by atoms with Crippen LogP contribution in [0.15, 0.2) is 42.7 Å². The Balaban J connectivity index is 2.28. The first-order chi connectivity index (χ1) is 8.35. The van der Waals surface area contributed by atoms with Gasteiger partial charge in [0.05, 0.1) is 12.2 Å². The van der Waals surface area contributed by atoms with E-state index >= 15 is 0 Å². The average Bonchev–Trinajstić information content (AvgIpc) is 2.85. The number of hydrogen-bond acceptors (Lipinski definition) is 2. The van der Waals surface area contributed by atoms with Crippen molar-refractivity contribution in [1.29, 1.82) is 0 Å². The molecule has 3 heteroatoms. The monoisotopic (exact) mass is 229 g/mol. The second kappa shape index (κ2) is 5.64. The largest absolute Gasteiger partial charge is 0.306 e. The van der Waals surface area contributed by atoms with Gasteiger partial charge >= 0.3 is 0 Å². The Morgan fingerprint density at radius 3 is 2.53 bits per heavy atom. The Bertz CT molecular complexity index is 448. The van der Waals surface area contributed by atoms with Crippen LogP contribution in [0.2, 0.25) is 0 Å². The minimum absolute atomic E-state index is 0.237. The van der Waals surface area contributed by atoms with Crippen LogP contribution in [0.5, 0.6) is 0 Å². The number of aryl methyl sites for hydroxylation is 1. The summed E-state index contributed by atoms with van der Waals surface area (Å²) in [5, 5.41) is 7.84. The number of benzene rings is 1. The molecule has 1 heterocycles. The summed E-state index contributed by atoms with van der Waals surface area (Å²) in [5.41, 5.74) is 2.50. The van der Waals surface area contributed by atoms with Gasteiger partial charge in [-0.3, -0.25) is 4.68 Å².